The van der Waals surface area contributed by atoms with Crippen molar-refractivity contribution in [2.75, 3.05) is 20.6 Å². The van der Waals surface area contributed by atoms with Crippen molar-refractivity contribution in [3.8, 4) is 0 Å². The van der Waals surface area contributed by atoms with Crippen molar-refractivity contribution in [3.05, 3.63) is 29.6 Å². The summed E-state index contributed by atoms with van der Waals surface area (Å²) in [4.78, 5) is 6.78. The van der Waals surface area contributed by atoms with E-state index in [9.17, 15) is 13.2 Å². The van der Waals surface area contributed by atoms with E-state index in [0.29, 0.717) is 11.4 Å². The Morgan fingerprint density at radius 2 is 1.88 bits per heavy atom. The molecule has 0 N–H and O–H groups in total. The number of alkyl halides is 3. The number of aromatic nitrogens is 2. The van der Waals surface area contributed by atoms with E-state index in [1.54, 1.807) is 6.07 Å². The highest BCUT2D eigenvalue weighted by Crippen LogP contribution is 2.36. The molecule has 0 amide bonds. The van der Waals surface area contributed by atoms with E-state index >= 15 is 0 Å². The molecule has 0 spiro atoms. The summed E-state index contributed by atoms with van der Waals surface area (Å²) in [7, 11) is 4.06. The van der Waals surface area contributed by atoms with Gasteiger partial charge in [0.05, 0.1) is 16.6 Å². The quantitative estimate of drug-likeness (QED) is 0.750. The van der Waals surface area contributed by atoms with Crippen LogP contribution in [0, 0.1) is 0 Å². The molecule has 1 aliphatic carbocycles. The van der Waals surface area contributed by atoms with Crippen LogP contribution < -0.4 is 0 Å². The van der Waals surface area contributed by atoms with Crippen molar-refractivity contribution in [1.82, 2.24) is 14.5 Å². The van der Waals surface area contributed by atoms with Gasteiger partial charge in [-0.1, -0.05) is 19.3 Å². The minimum Gasteiger partial charge on any atom is -0.328 e. The van der Waals surface area contributed by atoms with E-state index in [0.717, 1.165) is 43.7 Å². The zero-order valence-electron chi connectivity index (χ0n) is 14.9. The smallest absolute Gasteiger partial charge is 0.328 e. The first-order chi connectivity index (χ1) is 11.9. The second-order valence-electron chi connectivity index (χ2n) is 7.31. The molecule has 1 fully saturated rings. The predicted molar refractivity (Wildman–Crippen MR) is 93.7 cm³/mol. The maximum Gasteiger partial charge on any atom is 0.416 e. The van der Waals surface area contributed by atoms with Crippen LogP contribution in [0.15, 0.2) is 18.2 Å². The van der Waals surface area contributed by atoms with E-state index in [4.69, 9.17) is 0 Å². The number of fused-ring (bicyclic) bond motifs is 1. The lowest BCUT2D eigenvalue weighted by Crippen LogP contribution is -2.17. The number of aryl methyl sites for hydroxylation is 1. The number of halogens is 3. The molecule has 6 heteroatoms. The summed E-state index contributed by atoms with van der Waals surface area (Å²) in [6.07, 6.45) is 2.41. The third-order valence-corrected chi connectivity index (χ3v) is 5.06. The minimum atomic E-state index is -4.33. The molecule has 3 nitrogen and oxygen atoms in total. The Morgan fingerprint density at radius 1 is 1.16 bits per heavy atom. The third kappa shape index (κ3) is 4.17. The Hall–Kier alpha value is -1.56. The summed E-state index contributed by atoms with van der Waals surface area (Å²) < 4.78 is 41.2. The Labute approximate surface area is 146 Å². The molecular weight excluding hydrogens is 327 g/mol. The van der Waals surface area contributed by atoms with E-state index in [2.05, 4.69) is 14.5 Å². The van der Waals surface area contributed by atoms with E-state index in [1.807, 2.05) is 14.1 Å². The van der Waals surface area contributed by atoms with Gasteiger partial charge in [0.25, 0.3) is 0 Å². The first kappa shape index (κ1) is 18.2. The van der Waals surface area contributed by atoms with Crippen LogP contribution >= 0.6 is 0 Å². The fourth-order valence-electron chi connectivity index (χ4n) is 3.78. The molecule has 1 aromatic carbocycles. The molecule has 1 saturated carbocycles. The largest absolute Gasteiger partial charge is 0.416 e. The normalized spacial score (nSPS) is 16.9. The molecule has 0 aliphatic heterocycles. The van der Waals surface area contributed by atoms with Crippen LogP contribution in [-0.2, 0) is 12.7 Å². The summed E-state index contributed by atoms with van der Waals surface area (Å²) in [5.74, 6) is 1.35. The lowest BCUT2D eigenvalue weighted by Gasteiger charge is -2.22. The van der Waals surface area contributed by atoms with Crippen LogP contribution in [0.3, 0.4) is 0 Å². The molecular formula is C19H26F3N3. The Bertz CT molecular complexity index is 713. The van der Waals surface area contributed by atoms with Crippen LogP contribution in [-0.4, -0.2) is 35.1 Å². The predicted octanol–water partition coefficient (Wildman–Crippen LogP) is 5.05. The molecule has 25 heavy (non-hydrogen) atoms. The van der Waals surface area contributed by atoms with Crippen molar-refractivity contribution in [3.63, 3.8) is 0 Å². The lowest BCUT2D eigenvalue weighted by atomic mass is 9.88. The van der Waals surface area contributed by atoms with Crippen molar-refractivity contribution < 1.29 is 13.2 Å². The Kier molecular flexibility index (Phi) is 5.37. The van der Waals surface area contributed by atoms with Gasteiger partial charge in [-0.2, -0.15) is 13.2 Å². The van der Waals surface area contributed by atoms with Crippen molar-refractivity contribution in [2.45, 2.75) is 57.2 Å². The average Bonchev–Trinajstić information content (AvgIpc) is 2.92. The zero-order valence-corrected chi connectivity index (χ0v) is 14.9. The molecule has 2 aromatic rings. The van der Waals surface area contributed by atoms with E-state index < -0.39 is 11.7 Å². The van der Waals surface area contributed by atoms with E-state index in [1.165, 1.54) is 31.4 Å². The maximum atomic E-state index is 13.0. The molecule has 138 valence electrons. The molecule has 0 atom stereocenters. The topological polar surface area (TPSA) is 21.1 Å². The molecule has 1 heterocycles. The van der Waals surface area contributed by atoms with Gasteiger partial charge >= 0.3 is 6.18 Å². The maximum absolute atomic E-state index is 13.0. The van der Waals surface area contributed by atoms with Gasteiger partial charge in [-0.15, -0.1) is 0 Å². The van der Waals surface area contributed by atoms with Gasteiger partial charge in [0.2, 0.25) is 0 Å². The summed E-state index contributed by atoms with van der Waals surface area (Å²) in [6, 6.07) is 3.97. The molecule has 0 unspecified atom stereocenters. The minimum absolute atomic E-state index is 0.370. The van der Waals surface area contributed by atoms with E-state index in [-0.39, 0.29) is 0 Å². The monoisotopic (exact) mass is 353 g/mol. The molecule has 3 rings (SSSR count). The van der Waals surface area contributed by atoms with Gasteiger partial charge in [0.15, 0.2) is 0 Å². The highest BCUT2D eigenvalue weighted by atomic mass is 19.4. The van der Waals surface area contributed by atoms with Gasteiger partial charge in [-0.25, -0.2) is 4.98 Å². The first-order valence-electron chi connectivity index (χ1n) is 9.08. The first-order valence-corrected chi connectivity index (χ1v) is 9.08. The number of imidazole rings is 1. The molecule has 1 aliphatic rings. The fourth-order valence-corrected chi connectivity index (χ4v) is 3.78. The van der Waals surface area contributed by atoms with Gasteiger partial charge in [0.1, 0.15) is 5.82 Å². The number of rotatable bonds is 5. The lowest BCUT2D eigenvalue weighted by molar-refractivity contribution is -0.137. The highest BCUT2D eigenvalue weighted by Gasteiger charge is 2.31. The second kappa shape index (κ2) is 7.36. The number of nitrogens with zero attached hydrogens (tertiary/aromatic N) is 3. The van der Waals surface area contributed by atoms with Crippen LogP contribution in [0.2, 0.25) is 0 Å². The fraction of sp³-hybridized carbons (Fsp3) is 0.632. The SMILES string of the molecule is CN(C)CCCn1c(C2CCCCC2)nc2cc(C(F)(F)F)ccc21. The molecule has 0 radical (unpaired) electrons. The van der Waals surface area contributed by atoms with Crippen LogP contribution in [0.5, 0.6) is 0 Å². The van der Waals surface area contributed by atoms with Crippen molar-refractivity contribution in [2.24, 2.45) is 0 Å². The van der Waals surface area contributed by atoms with Crippen LogP contribution in [0.1, 0.15) is 55.8 Å². The Balaban J connectivity index is 1.98. The Morgan fingerprint density at radius 3 is 2.52 bits per heavy atom. The van der Waals surface area contributed by atoms with Crippen LogP contribution in [0.25, 0.3) is 11.0 Å². The summed E-state index contributed by atoms with van der Waals surface area (Å²) in [6.45, 7) is 1.75. The van der Waals surface area contributed by atoms with Gasteiger partial charge in [-0.05, 0) is 58.1 Å². The molecule has 0 saturated heterocycles. The average molecular weight is 353 g/mol. The number of hydrogen-bond acceptors (Lipinski definition) is 2. The van der Waals surface area contributed by atoms with Crippen LogP contribution in [0.4, 0.5) is 13.2 Å². The molecule has 0 bridgehead atoms. The third-order valence-electron chi connectivity index (χ3n) is 5.06. The standard InChI is InChI=1S/C19H26F3N3/c1-24(2)11-6-12-25-17-10-9-15(19(20,21)22)13-16(17)23-18(25)14-7-4-3-5-8-14/h9-10,13-14H,3-8,11-12H2,1-2H3. The zero-order chi connectivity index (χ0) is 18.0. The summed E-state index contributed by atoms with van der Waals surface area (Å²) >= 11 is 0. The van der Waals surface area contributed by atoms with Crippen molar-refractivity contribution in [1.29, 1.82) is 0 Å². The number of hydrogen-bond donors (Lipinski definition) is 0. The van der Waals surface area contributed by atoms with Crippen molar-refractivity contribution >= 4 is 11.0 Å². The van der Waals surface area contributed by atoms with Gasteiger partial charge in [0, 0.05) is 12.5 Å². The van der Waals surface area contributed by atoms with Gasteiger partial charge in [-0.3, -0.25) is 0 Å². The highest BCUT2D eigenvalue weighted by molar-refractivity contribution is 5.77. The summed E-state index contributed by atoms with van der Waals surface area (Å²) in [5.41, 5.74) is 0.681. The number of benzene rings is 1. The summed E-state index contributed by atoms with van der Waals surface area (Å²) in [5, 5.41) is 0. The molecule has 1 aromatic heterocycles. The van der Waals surface area contributed by atoms with Gasteiger partial charge < -0.3 is 9.47 Å². The second-order valence-corrected chi connectivity index (χ2v) is 7.31.